The first kappa shape index (κ1) is 16.2. The van der Waals surface area contributed by atoms with Gasteiger partial charge in [0.2, 0.25) is 5.13 Å². The van der Waals surface area contributed by atoms with Crippen LogP contribution in [0.4, 0.5) is 10.8 Å². The lowest BCUT2D eigenvalue weighted by Crippen LogP contribution is -1.98. The fourth-order valence-electron chi connectivity index (χ4n) is 1.86. The number of carbonyl (C=O) groups excluding carboxylic acids is 1. The molecule has 4 nitrogen and oxygen atoms in total. The van der Waals surface area contributed by atoms with Crippen LogP contribution in [0.5, 0.6) is 0 Å². The van der Waals surface area contributed by atoms with Crippen LogP contribution >= 0.6 is 34.4 Å². The number of rotatable bonds is 6. The van der Waals surface area contributed by atoms with Crippen LogP contribution in [0.1, 0.15) is 20.1 Å². The Hall–Kier alpha value is -1.70. The monoisotopic (exact) mass is 361 g/mol. The number of ketones is 1. The SMILES string of the molecule is Cc1ccc(Nc2nnc(SCC(=O)c3ccc(C)s3)s2)cc1. The smallest absolute Gasteiger partial charge is 0.210 e. The highest BCUT2D eigenvalue weighted by Crippen LogP contribution is 2.28. The van der Waals surface area contributed by atoms with Gasteiger partial charge in [0.1, 0.15) is 0 Å². The van der Waals surface area contributed by atoms with Crippen molar-refractivity contribution in [2.45, 2.75) is 18.2 Å². The first-order valence-electron chi connectivity index (χ1n) is 7.00. The van der Waals surface area contributed by atoms with Crippen molar-refractivity contribution in [2.24, 2.45) is 0 Å². The predicted octanol–water partition coefficient (Wildman–Crippen LogP) is 4.94. The molecule has 0 bridgehead atoms. The Morgan fingerprint density at radius 3 is 2.57 bits per heavy atom. The van der Waals surface area contributed by atoms with Gasteiger partial charge in [0, 0.05) is 10.6 Å². The molecule has 118 valence electrons. The van der Waals surface area contributed by atoms with Crippen LogP contribution in [0, 0.1) is 13.8 Å². The molecular formula is C16H15N3OS3. The molecule has 3 aromatic rings. The Kier molecular flexibility index (Phi) is 5.09. The van der Waals surface area contributed by atoms with E-state index in [0.29, 0.717) is 5.75 Å². The summed E-state index contributed by atoms with van der Waals surface area (Å²) in [6.07, 6.45) is 0. The largest absolute Gasteiger partial charge is 0.330 e. The van der Waals surface area contributed by atoms with Gasteiger partial charge in [-0.05, 0) is 38.1 Å². The van der Waals surface area contributed by atoms with E-state index in [1.54, 1.807) is 0 Å². The summed E-state index contributed by atoms with van der Waals surface area (Å²) in [6.45, 7) is 4.05. The minimum atomic E-state index is 0.136. The Morgan fingerprint density at radius 2 is 1.87 bits per heavy atom. The van der Waals surface area contributed by atoms with Gasteiger partial charge in [-0.15, -0.1) is 21.5 Å². The van der Waals surface area contributed by atoms with Crippen molar-refractivity contribution in [3.05, 3.63) is 51.7 Å². The van der Waals surface area contributed by atoms with Gasteiger partial charge in [-0.25, -0.2) is 0 Å². The van der Waals surface area contributed by atoms with Crippen molar-refractivity contribution in [3.63, 3.8) is 0 Å². The number of nitrogens with zero attached hydrogens (tertiary/aromatic N) is 2. The van der Waals surface area contributed by atoms with Gasteiger partial charge in [-0.3, -0.25) is 4.79 Å². The molecule has 0 aliphatic heterocycles. The van der Waals surface area contributed by atoms with Crippen LogP contribution in [0.3, 0.4) is 0 Å². The molecule has 3 rings (SSSR count). The van der Waals surface area contributed by atoms with E-state index >= 15 is 0 Å². The molecule has 0 unspecified atom stereocenters. The van der Waals surface area contributed by atoms with E-state index in [1.807, 2.05) is 43.3 Å². The molecule has 0 aliphatic carbocycles. The summed E-state index contributed by atoms with van der Waals surface area (Å²) < 4.78 is 0.793. The Labute approximate surface area is 147 Å². The number of aromatic nitrogens is 2. The van der Waals surface area contributed by atoms with E-state index in [1.165, 1.54) is 40.0 Å². The molecule has 2 aromatic heterocycles. The third-order valence-corrected chi connectivity index (χ3v) is 6.06. The summed E-state index contributed by atoms with van der Waals surface area (Å²) in [7, 11) is 0. The molecule has 2 heterocycles. The van der Waals surface area contributed by atoms with Crippen molar-refractivity contribution in [2.75, 3.05) is 11.1 Å². The zero-order valence-electron chi connectivity index (χ0n) is 12.7. The van der Waals surface area contributed by atoms with Crippen LogP contribution in [-0.4, -0.2) is 21.7 Å². The van der Waals surface area contributed by atoms with Gasteiger partial charge in [-0.1, -0.05) is 40.8 Å². The number of Topliss-reactive ketones (excluding diaryl/α,β-unsaturated/α-hetero) is 1. The first-order valence-corrected chi connectivity index (χ1v) is 9.61. The molecule has 0 fully saturated rings. The zero-order valence-corrected chi connectivity index (χ0v) is 15.1. The highest BCUT2D eigenvalue weighted by atomic mass is 32.2. The molecule has 1 N–H and O–H groups in total. The fraction of sp³-hybridized carbons (Fsp3) is 0.188. The maximum atomic E-state index is 12.1. The quantitative estimate of drug-likeness (QED) is 0.498. The molecule has 7 heteroatoms. The number of nitrogens with one attached hydrogen (secondary N) is 1. The number of hydrogen-bond acceptors (Lipinski definition) is 7. The van der Waals surface area contributed by atoms with E-state index < -0.39 is 0 Å². The van der Waals surface area contributed by atoms with Crippen LogP contribution in [0.25, 0.3) is 0 Å². The summed E-state index contributed by atoms with van der Waals surface area (Å²) in [5.74, 6) is 0.524. The average Bonchev–Trinajstić information content (AvgIpc) is 3.16. The number of anilines is 2. The summed E-state index contributed by atoms with van der Waals surface area (Å²) >= 11 is 4.41. The number of carbonyl (C=O) groups is 1. The van der Waals surface area contributed by atoms with Gasteiger partial charge >= 0.3 is 0 Å². The van der Waals surface area contributed by atoms with Crippen molar-refractivity contribution in [1.29, 1.82) is 0 Å². The van der Waals surface area contributed by atoms with E-state index in [-0.39, 0.29) is 5.78 Å². The standard InChI is InChI=1S/C16H15N3OS3/c1-10-3-6-12(7-4-10)17-15-18-19-16(23-15)21-9-13(20)14-8-5-11(2)22-14/h3-8H,9H2,1-2H3,(H,17,18). The normalized spacial score (nSPS) is 10.7. The molecule has 23 heavy (non-hydrogen) atoms. The van der Waals surface area contributed by atoms with Crippen LogP contribution in [-0.2, 0) is 0 Å². The summed E-state index contributed by atoms with van der Waals surface area (Å²) in [4.78, 5) is 14.0. The molecular weight excluding hydrogens is 346 g/mol. The minimum absolute atomic E-state index is 0.136. The third-order valence-electron chi connectivity index (χ3n) is 3.05. The summed E-state index contributed by atoms with van der Waals surface area (Å²) in [6, 6.07) is 11.9. The van der Waals surface area contributed by atoms with Crippen LogP contribution in [0.15, 0.2) is 40.7 Å². The van der Waals surface area contributed by atoms with Gasteiger partial charge in [0.15, 0.2) is 10.1 Å². The van der Waals surface area contributed by atoms with Gasteiger partial charge in [-0.2, -0.15) is 0 Å². The molecule has 0 spiro atoms. The molecule has 0 amide bonds. The fourth-order valence-corrected chi connectivity index (χ4v) is 4.41. The maximum Gasteiger partial charge on any atom is 0.210 e. The van der Waals surface area contributed by atoms with E-state index in [0.717, 1.165) is 24.9 Å². The summed E-state index contributed by atoms with van der Waals surface area (Å²) in [5.41, 5.74) is 2.19. The topological polar surface area (TPSA) is 54.9 Å². The van der Waals surface area contributed by atoms with Crippen molar-refractivity contribution < 1.29 is 4.79 Å². The highest BCUT2D eigenvalue weighted by molar-refractivity contribution is 8.01. The lowest BCUT2D eigenvalue weighted by Gasteiger charge is -2.01. The minimum Gasteiger partial charge on any atom is -0.330 e. The number of benzene rings is 1. The van der Waals surface area contributed by atoms with Crippen LogP contribution in [0.2, 0.25) is 0 Å². The van der Waals surface area contributed by atoms with Crippen molar-refractivity contribution in [1.82, 2.24) is 10.2 Å². The van der Waals surface area contributed by atoms with Crippen molar-refractivity contribution in [3.8, 4) is 0 Å². The van der Waals surface area contributed by atoms with Crippen LogP contribution < -0.4 is 5.32 Å². The molecule has 0 radical (unpaired) electrons. The molecule has 0 saturated carbocycles. The number of thiophene rings is 1. The Bertz CT molecular complexity index is 808. The molecule has 0 saturated heterocycles. The second-order valence-electron chi connectivity index (χ2n) is 4.99. The van der Waals surface area contributed by atoms with E-state index in [2.05, 4.69) is 22.4 Å². The van der Waals surface area contributed by atoms with E-state index in [4.69, 9.17) is 0 Å². The Balaban J connectivity index is 1.57. The van der Waals surface area contributed by atoms with Gasteiger partial charge in [0.05, 0.1) is 10.6 Å². The third kappa shape index (κ3) is 4.40. The second-order valence-corrected chi connectivity index (χ2v) is 8.47. The molecule has 0 atom stereocenters. The molecule has 0 aliphatic rings. The van der Waals surface area contributed by atoms with Crippen molar-refractivity contribution >= 4 is 51.0 Å². The Morgan fingerprint density at radius 1 is 1.09 bits per heavy atom. The second kappa shape index (κ2) is 7.25. The van der Waals surface area contributed by atoms with Gasteiger partial charge in [0.25, 0.3) is 0 Å². The lowest BCUT2D eigenvalue weighted by atomic mass is 10.2. The highest BCUT2D eigenvalue weighted by Gasteiger charge is 2.11. The number of thioether (sulfide) groups is 1. The summed E-state index contributed by atoms with van der Waals surface area (Å²) in [5, 5.41) is 12.2. The predicted molar refractivity (Wildman–Crippen MR) is 98.5 cm³/mol. The first-order chi connectivity index (χ1) is 11.1. The number of aryl methyl sites for hydroxylation is 2. The average molecular weight is 362 g/mol. The maximum absolute atomic E-state index is 12.1. The lowest BCUT2D eigenvalue weighted by molar-refractivity contribution is 0.102. The molecule has 1 aromatic carbocycles. The van der Waals surface area contributed by atoms with E-state index in [9.17, 15) is 4.79 Å². The van der Waals surface area contributed by atoms with Gasteiger partial charge < -0.3 is 5.32 Å². The zero-order chi connectivity index (χ0) is 16.2. The number of hydrogen-bond donors (Lipinski definition) is 1.